The third kappa shape index (κ3) is 3.43. The molecule has 0 fully saturated rings. The lowest BCUT2D eigenvalue weighted by molar-refractivity contribution is -0.157. The molecule has 0 saturated heterocycles. The molecule has 0 aromatic heterocycles. The summed E-state index contributed by atoms with van der Waals surface area (Å²) in [5.74, 6) is -4.48. The largest absolute Gasteiger partial charge is 0.481 e. The Morgan fingerprint density at radius 3 is 1.64 bits per heavy atom. The molecule has 0 spiro atoms. The van der Waals surface area contributed by atoms with Crippen LogP contribution < -0.4 is 0 Å². The normalized spacial score (nSPS) is 10.1. The molecule has 0 heterocycles. The van der Waals surface area contributed by atoms with Gasteiger partial charge in [0, 0.05) is 0 Å². The fourth-order valence-corrected chi connectivity index (χ4v) is 1.31. The monoisotopic (exact) mass is 198 g/mol. The molecule has 0 aliphatic rings. The zero-order chi connectivity index (χ0) is 11.1. The first-order valence-corrected chi connectivity index (χ1v) is 4.22. The molecule has 14 heavy (non-hydrogen) atoms. The molecule has 0 unspecified atom stereocenters. The second kappa shape index (κ2) is 5.96. The van der Waals surface area contributed by atoms with Crippen molar-refractivity contribution in [3.63, 3.8) is 0 Å². The maximum absolute atomic E-state index is 10.7. The molecule has 0 bridgehead atoms. The third-order valence-corrected chi connectivity index (χ3v) is 1.94. The molecule has 0 amide bonds. The highest BCUT2D eigenvalue weighted by Crippen LogP contribution is 2.21. The van der Waals surface area contributed by atoms with Crippen molar-refractivity contribution in [2.24, 2.45) is 11.8 Å². The zero-order valence-electron chi connectivity index (χ0n) is 7.85. The van der Waals surface area contributed by atoms with Gasteiger partial charge in [0.15, 0.2) is 5.92 Å². The topological polar surface area (TPSA) is 74.6 Å². The number of aliphatic carboxylic acids is 2. The molecule has 2 N–H and O–H groups in total. The Labute approximate surface area is 82.6 Å². The summed E-state index contributed by atoms with van der Waals surface area (Å²) < 4.78 is 0. The Hall–Kier alpha value is -1.58. The van der Waals surface area contributed by atoms with E-state index in [1.54, 1.807) is 0 Å². The average Bonchev–Trinajstić information content (AvgIpc) is 2.03. The van der Waals surface area contributed by atoms with Gasteiger partial charge in [0.2, 0.25) is 0 Å². The number of carbonyl (C=O) groups is 2. The summed E-state index contributed by atoms with van der Waals surface area (Å²) in [6, 6.07) is 0. The first-order valence-electron chi connectivity index (χ1n) is 4.22. The minimum atomic E-state index is -1.38. The van der Waals surface area contributed by atoms with Crippen LogP contribution in [0, 0.1) is 11.8 Å². The molecule has 4 heteroatoms. The Morgan fingerprint density at radius 2 is 1.43 bits per heavy atom. The molecule has 0 aromatic carbocycles. The smallest absolute Gasteiger partial charge is 0.318 e. The first-order chi connectivity index (χ1) is 6.54. The molecule has 0 rings (SSSR count). The number of hydrogen-bond acceptors (Lipinski definition) is 2. The van der Waals surface area contributed by atoms with E-state index in [4.69, 9.17) is 10.2 Å². The third-order valence-electron chi connectivity index (χ3n) is 1.94. The summed E-state index contributed by atoms with van der Waals surface area (Å²) >= 11 is 0. The second-order valence-corrected chi connectivity index (χ2v) is 2.96. The quantitative estimate of drug-likeness (QED) is 0.480. The van der Waals surface area contributed by atoms with Crippen LogP contribution in [0.2, 0.25) is 0 Å². The van der Waals surface area contributed by atoms with Crippen LogP contribution >= 0.6 is 0 Å². The second-order valence-electron chi connectivity index (χ2n) is 2.96. The minimum absolute atomic E-state index is 0.356. The van der Waals surface area contributed by atoms with Gasteiger partial charge in [0.1, 0.15) is 0 Å². The van der Waals surface area contributed by atoms with Crippen molar-refractivity contribution < 1.29 is 19.8 Å². The van der Waals surface area contributed by atoms with Gasteiger partial charge in [-0.2, -0.15) is 0 Å². The van der Waals surface area contributed by atoms with E-state index in [2.05, 4.69) is 13.2 Å². The van der Waals surface area contributed by atoms with Gasteiger partial charge in [0.25, 0.3) is 0 Å². The highest BCUT2D eigenvalue weighted by atomic mass is 16.4. The zero-order valence-corrected chi connectivity index (χ0v) is 7.85. The summed E-state index contributed by atoms with van der Waals surface area (Å²) in [7, 11) is 0. The lowest BCUT2D eigenvalue weighted by Gasteiger charge is -2.17. The van der Waals surface area contributed by atoms with Crippen LogP contribution in [0.15, 0.2) is 25.3 Å². The summed E-state index contributed by atoms with van der Waals surface area (Å²) in [5, 5.41) is 17.4. The number of carboxylic acid groups (broad SMARTS) is 2. The van der Waals surface area contributed by atoms with Gasteiger partial charge in [-0.25, -0.2) is 0 Å². The Morgan fingerprint density at radius 1 is 1.07 bits per heavy atom. The maximum Gasteiger partial charge on any atom is 0.318 e. The van der Waals surface area contributed by atoms with E-state index in [1.165, 1.54) is 12.2 Å². The Kier molecular flexibility index (Phi) is 5.29. The fourth-order valence-electron chi connectivity index (χ4n) is 1.31. The van der Waals surface area contributed by atoms with E-state index in [9.17, 15) is 9.59 Å². The highest BCUT2D eigenvalue weighted by Gasteiger charge is 2.33. The van der Waals surface area contributed by atoms with Crippen LogP contribution in [0.1, 0.15) is 12.8 Å². The summed E-state index contributed by atoms with van der Waals surface area (Å²) in [4.78, 5) is 21.4. The standard InChI is InChI=1S/C10H14O4/c1-3-5-7(6-4-2)8(9(11)12)10(13)14/h3-4,7-8H,1-2,5-6H2,(H,11,12)(H,13,14). The Balaban J connectivity index is 4.70. The summed E-state index contributed by atoms with van der Waals surface area (Å²) in [6.07, 6.45) is 3.75. The lowest BCUT2D eigenvalue weighted by atomic mass is 9.87. The van der Waals surface area contributed by atoms with E-state index in [1.807, 2.05) is 0 Å². The van der Waals surface area contributed by atoms with Crippen molar-refractivity contribution >= 4 is 11.9 Å². The predicted molar refractivity (Wildman–Crippen MR) is 51.9 cm³/mol. The molecule has 0 aliphatic carbocycles. The van der Waals surface area contributed by atoms with Gasteiger partial charge >= 0.3 is 11.9 Å². The van der Waals surface area contributed by atoms with E-state index in [0.717, 1.165) is 0 Å². The van der Waals surface area contributed by atoms with Gasteiger partial charge in [-0.15, -0.1) is 13.2 Å². The van der Waals surface area contributed by atoms with Crippen molar-refractivity contribution in [2.45, 2.75) is 12.8 Å². The first kappa shape index (κ1) is 12.4. The van der Waals surface area contributed by atoms with Crippen molar-refractivity contribution in [3.8, 4) is 0 Å². The van der Waals surface area contributed by atoms with Crippen molar-refractivity contribution in [2.75, 3.05) is 0 Å². The fraction of sp³-hybridized carbons (Fsp3) is 0.400. The Bertz CT molecular complexity index is 221. The molecule has 0 radical (unpaired) electrons. The lowest BCUT2D eigenvalue weighted by Crippen LogP contribution is -2.30. The van der Waals surface area contributed by atoms with E-state index in [0.29, 0.717) is 12.8 Å². The van der Waals surface area contributed by atoms with Gasteiger partial charge < -0.3 is 10.2 Å². The SMILES string of the molecule is C=CCC(CC=C)C(C(=O)O)C(=O)O. The van der Waals surface area contributed by atoms with Crippen LogP contribution in [-0.4, -0.2) is 22.2 Å². The van der Waals surface area contributed by atoms with Crippen LogP contribution in [0.5, 0.6) is 0 Å². The number of allylic oxidation sites excluding steroid dienone is 2. The molecule has 0 saturated carbocycles. The van der Waals surface area contributed by atoms with Gasteiger partial charge in [0.05, 0.1) is 0 Å². The molecule has 0 aliphatic heterocycles. The molecule has 78 valence electrons. The average molecular weight is 198 g/mol. The molecule has 0 aromatic rings. The molecule has 0 atom stereocenters. The van der Waals surface area contributed by atoms with Crippen molar-refractivity contribution in [3.05, 3.63) is 25.3 Å². The number of rotatable bonds is 7. The van der Waals surface area contributed by atoms with Crippen molar-refractivity contribution in [1.82, 2.24) is 0 Å². The van der Waals surface area contributed by atoms with Gasteiger partial charge in [-0.05, 0) is 18.8 Å². The summed E-state index contributed by atoms with van der Waals surface area (Å²) in [5.41, 5.74) is 0. The van der Waals surface area contributed by atoms with Crippen LogP contribution in [-0.2, 0) is 9.59 Å². The minimum Gasteiger partial charge on any atom is -0.481 e. The van der Waals surface area contributed by atoms with Gasteiger partial charge in [-0.3, -0.25) is 9.59 Å². The van der Waals surface area contributed by atoms with E-state index in [-0.39, 0.29) is 0 Å². The molecular formula is C10H14O4. The highest BCUT2D eigenvalue weighted by molar-refractivity contribution is 5.93. The summed E-state index contributed by atoms with van der Waals surface area (Å²) in [6.45, 7) is 6.93. The van der Waals surface area contributed by atoms with E-state index < -0.39 is 23.8 Å². The van der Waals surface area contributed by atoms with Gasteiger partial charge in [-0.1, -0.05) is 12.2 Å². The van der Waals surface area contributed by atoms with E-state index >= 15 is 0 Å². The molecule has 4 nitrogen and oxygen atoms in total. The van der Waals surface area contributed by atoms with Crippen LogP contribution in [0.4, 0.5) is 0 Å². The molecular weight excluding hydrogens is 184 g/mol. The van der Waals surface area contributed by atoms with Crippen LogP contribution in [0.25, 0.3) is 0 Å². The van der Waals surface area contributed by atoms with Crippen LogP contribution in [0.3, 0.4) is 0 Å². The number of carboxylic acids is 2. The van der Waals surface area contributed by atoms with Crippen molar-refractivity contribution in [1.29, 1.82) is 0 Å². The number of hydrogen-bond donors (Lipinski definition) is 2. The maximum atomic E-state index is 10.7. The predicted octanol–water partition coefficient (Wildman–Crippen LogP) is 1.54.